The lowest BCUT2D eigenvalue weighted by molar-refractivity contribution is 0.330. The maximum atomic E-state index is 9.16. The Balaban J connectivity index is 0.000000621. The average Bonchev–Trinajstić information content (AvgIpc) is 2.26. The highest BCUT2D eigenvalue weighted by atomic mass is 36.0. The molecular formula is C14H22Cl2O3S. The minimum Gasteiger partial charge on any atom is -0.493 e. The van der Waals surface area contributed by atoms with Gasteiger partial charge in [-0.25, -0.2) is 0 Å². The lowest BCUT2D eigenvalue weighted by Gasteiger charge is -2.19. The quantitative estimate of drug-likeness (QED) is 0.721. The fourth-order valence-electron chi connectivity index (χ4n) is 1.79. The van der Waals surface area contributed by atoms with Gasteiger partial charge in [-0.15, -0.1) is 0 Å². The molecule has 20 heavy (non-hydrogen) atoms. The zero-order chi connectivity index (χ0) is 15.9. The van der Waals surface area contributed by atoms with Gasteiger partial charge in [0, 0.05) is 21.4 Å². The molecule has 0 radical (unpaired) electrons. The van der Waals surface area contributed by atoms with Crippen LogP contribution in [-0.4, -0.2) is 15.0 Å². The molecule has 1 rings (SSSR count). The Morgan fingerprint density at radius 3 is 1.65 bits per heavy atom. The van der Waals surface area contributed by atoms with Crippen LogP contribution in [-0.2, 0) is 8.26 Å². The van der Waals surface area contributed by atoms with Gasteiger partial charge in [0.15, 0.2) is 0 Å². The summed E-state index contributed by atoms with van der Waals surface area (Å²) in [5, 5.41) is 0. The summed E-state index contributed by atoms with van der Waals surface area (Å²) in [6.07, 6.45) is 0. The van der Waals surface area contributed by atoms with E-state index >= 15 is 0 Å². The topological polar surface area (TPSA) is 43.4 Å². The number of ether oxygens (including phenoxy) is 1. The van der Waals surface area contributed by atoms with Gasteiger partial charge in [0.25, 0.3) is 0 Å². The van der Waals surface area contributed by atoms with Gasteiger partial charge in [-0.2, -0.15) is 8.42 Å². The van der Waals surface area contributed by atoms with Gasteiger partial charge in [-0.05, 0) is 29.9 Å². The van der Waals surface area contributed by atoms with Crippen LogP contribution >= 0.6 is 21.4 Å². The van der Waals surface area contributed by atoms with E-state index in [1.807, 2.05) is 6.92 Å². The molecule has 0 aromatic heterocycles. The van der Waals surface area contributed by atoms with Crippen LogP contribution in [0.4, 0.5) is 0 Å². The van der Waals surface area contributed by atoms with Crippen molar-refractivity contribution in [1.82, 2.24) is 0 Å². The molecule has 3 nitrogen and oxygen atoms in total. The third-order valence-corrected chi connectivity index (χ3v) is 2.61. The van der Waals surface area contributed by atoms with E-state index in [9.17, 15) is 0 Å². The van der Waals surface area contributed by atoms with Crippen LogP contribution in [0.15, 0.2) is 18.2 Å². The minimum atomic E-state index is -3.72. The Morgan fingerprint density at radius 1 is 1.05 bits per heavy atom. The maximum Gasteiger partial charge on any atom is 0.317 e. The number of para-hydroxylation sites is 1. The first-order valence-electron chi connectivity index (χ1n) is 6.47. The molecule has 0 saturated carbocycles. The molecule has 0 aliphatic carbocycles. The Bertz CT molecular complexity index is 477. The van der Waals surface area contributed by atoms with Crippen LogP contribution in [0.5, 0.6) is 5.75 Å². The van der Waals surface area contributed by atoms with Crippen LogP contribution in [0.25, 0.3) is 0 Å². The Morgan fingerprint density at radius 2 is 1.40 bits per heavy atom. The van der Waals surface area contributed by atoms with Crippen molar-refractivity contribution in [2.24, 2.45) is 0 Å². The lowest BCUT2D eigenvalue weighted by Crippen LogP contribution is -2.03. The fourth-order valence-corrected chi connectivity index (χ4v) is 1.79. The highest BCUT2D eigenvalue weighted by molar-refractivity contribution is 8.31. The molecule has 6 heteroatoms. The van der Waals surface area contributed by atoms with Crippen molar-refractivity contribution < 1.29 is 13.2 Å². The highest BCUT2D eigenvalue weighted by Crippen LogP contribution is 2.34. The van der Waals surface area contributed by atoms with E-state index in [0.29, 0.717) is 11.8 Å². The van der Waals surface area contributed by atoms with E-state index in [-0.39, 0.29) is 0 Å². The summed E-state index contributed by atoms with van der Waals surface area (Å²) in [4.78, 5) is 0. The molecular weight excluding hydrogens is 319 g/mol. The van der Waals surface area contributed by atoms with Gasteiger partial charge in [0.2, 0.25) is 0 Å². The van der Waals surface area contributed by atoms with Crippen molar-refractivity contribution in [2.45, 2.75) is 46.5 Å². The Hall–Kier alpha value is -0.450. The van der Waals surface area contributed by atoms with Crippen molar-refractivity contribution in [3.05, 3.63) is 29.3 Å². The summed E-state index contributed by atoms with van der Waals surface area (Å²) in [7, 11) is 4.81. The molecule has 0 amide bonds. The molecule has 0 unspecified atom stereocenters. The third kappa shape index (κ3) is 7.98. The van der Waals surface area contributed by atoms with Gasteiger partial charge in [0.1, 0.15) is 5.75 Å². The van der Waals surface area contributed by atoms with Crippen molar-refractivity contribution in [3.63, 3.8) is 0 Å². The first-order chi connectivity index (χ1) is 9.07. The molecule has 0 fully saturated rings. The number of rotatable bonds is 4. The zero-order valence-corrected chi connectivity index (χ0v) is 14.8. The van der Waals surface area contributed by atoms with Gasteiger partial charge in [-0.1, -0.05) is 45.9 Å². The van der Waals surface area contributed by atoms with E-state index < -0.39 is 8.26 Å². The Kier molecular flexibility index (Phi) is 8.56. The van der Waals surface area contributed by atoms with Crippen molar-refractivity contribution in [1.29, 1.82) is 0 Å². The monoisotopic (exact) mass is 340 g/mol. The highest BCUT2D eigenvalue weighted by Gasteiger charge is 2.14. The van der Waals surface area contributed by atoms with Crippen molar-refractivity contribution in [3.8, 4) is 5.75 Å². The first-order valence-corrected chi connectivity index (χ1v) is 9.61. The standard InChI is InChI=1S/C14H22O.Cl2O2S/c1-6-15-14-12(10(2)3)8-7-9-13(14)11(4)5;1-5(2,3)4/h7-11H,6H2,1-5H3;. The summed E-state index contributed by atoms with van der Waals surface area (Å²) in [6, 6.07) is 6.47. The first kappa shape index (κ1) is 19.6. The maximum absolute atomic E-state index is 9.16. The van der Waals surface area contributed by atoms with Crippen LogP contribution in [0.2, 0.25) is 0 Å². The number of hydrogen-bond acceptors (Lipinski definition) is 3. The molecule has 1 aromatic rings. The second kappa shape index (κ2) is 8.75. The SMILES string of the molecule is CCOc1c(C(C)C)cccc1C(C)C.O=S(=O)(Cl)Cl. The third-order valence-electron chi connectivity index (χ3n) is 2.61. The van der Waals surface area contributed by atoms with Gasteiger partial charge >= 0.3 is 8.26 Å². The van der Waals surface area contributed by atoms with Gasteiger partial charge < -0.3 is 4.74 Å². The number of halogens is 2. The van der Waals surface area contributed by atoms with E-state index in [2.05, 4.69) is 67.3 Å². The molecule has 0 N–H and O–H groups in total. The van der Waals surface area contributed by atoms with Crippen molar-refractivity contribution in [2.75, 3.05) is 6.61 Å². The Labute approximate surface area is 131 Å². The summed E-state index contributed by atoms with van der Waals surface area (Å²) in [6.45, 7) is 11.6. The molecule has 0 atom stereocenters. The fraction of sp³-hybridized carbons (Fsp3) is 0.571. The van der Waals surface area contributed by atoms with E-state index in [1.165, 1.54) is 11.1 Å². The van der Waals surface area contributed by atoms with Crippen LogP contribution in [0, 0.1) is 0 Å². The zero-order valence-electron chi connectivity index (χ0n) is 12.5. The number of hydrogen-bond donors (Lipinski definition) is 0. The smallest absolute Gasteiger partial charge is 0.317 e. The van der Waals surface area contributed by atoms with Crippen molar-refractivity contribution >= 4 is 29.6 Å². The molecule has 0 spiro atoms. The normalized spacial score (nSPS) is 11.2. The summed E-state index contributed by atoms with van der Waals surface area (Å²) in [5.41, 5.74) is 2.64. The van der Waals surface area contributed by atoms with Crippen LogP contribution in [0.3, 0.4) is 0 Å². The summed E-state index contributed by atoms with van der Waals surface area (Å²) >= 11 is 0. The average molecular weight is 341 g/mol. The molecule has 1 aromatic carbocycles. The van der Waals surface area contributed by atoms with E-state index in [4.69, 9.17) is 13.2 Å². The minimum absolute atomic E-state index is 0.519. The summed E-state index contributed by atoms with van der Waals surface area (Å²) in [5.74, 6) is 2.14. The lowest BCUT2D eigenvalue weighted by atomic mass is 9.94. The van der Waals surface area contributed by atoms with Gasteiger partial charge in [0.05, 0.1) is 6.61 Å². The molecule has 0 saturated heterocycles. The molecule has 0 heterocycles. The van der Waals surface area contributed by atoms with Gasteiger partial charge in [-0.3, -0.25) is 0 Å². The van der Waals surface area contributed by atoms with Crippen LogP contribution in [0.1, 0.15) is 57.6 Å². The second-order valence-corrected chi connectivity index (χ2v) is 8.55. The number of benzene rings is 1. The van der Waals surface area contributed by atoms with Crippen LogP contribution < -0.4 is 4.74 Å². The van der Waals surface area contributed by atoms with E-state index in [1.54, 1.807) is 0 Å². The largest absolute Gasteiger partial charge is 0.493 e. The predicted octanol–water partition coefficient (Wildman–Crippen LogP) is 5.04. The second-order valence-electron chi connectivity index (χ2n) is 4.89. The molecule has 0 aliphatic rings. The molecule has 116 valence electrons. The molecule has 0 bridgehead atoms. The summed E-state index contributed by atoms with van der Waals surface area (Å²) < 4.78 is 24.1. The van der Waals surface area contributed by atoms with E-state index in [0.717, 1.165) is 12.4 Å². The predicted molar refractivity (Wildman–Crippen MR) is 86.4 cm³/mol. The molecule has 0 aliphatic heterocycles.